The summed E-state index contributed by atoms with van der Waals surface area (Å²) in [7, 11) is 0. The van der Waals surface area contributed by atoms with Crippen LogP contribution in [0.1, 0.15) is 53.9 Å². The van der Waals surface area contributed by atoms with Gasteiger partial charge in [-0.3, -0.25) is 19.3 Å². The van der Waals surface area contributed by atoms with E-state index in [1.165, 1.54) is 0 Å². The lowest BCUT2D eigenvalue weighted by Crippen LogP contribution is -2.58. The minimum atomic E-state index is -0.831. The van der Waals surface area contributed by atoms with E-state index in [-0.39, 0.29) is 42.3 Å². The van der Waals surface area contributed by atoms with Gasteiger partial charge in [-0.2, -0.15) is 0 Å². The van der Waals surface area contributed by atoms with E-state index in [2.05, 4.69) is 10.6 Å². The number of carboxylic acids is 1. The predicted octanol–water partition coefficient (Wildman–Crippen LogP) is 1.23. The zero-order valence-electron chi connectivity index (χ0n) is 16.0. The van der Waals surface area contributed by atoms with Gasteiger partial charge in [0.05, 0.1) is 6.54 Å². The van der Waals surface area contributed by atoms with Gasteiger partial charge in [0, 0.05) is 18.5 Å². The molecular weight excluding hydrogens is 322 g/mol. The Hall–Kier alpha value is -1.63. The average Bonchev–Trinajstić information content (AvgIpc) is 2.44. The van der Waals surface area contributed by atoms with Crippen molar-refractivity contribution in [3.63, 3.8) is 0 Å². The molecule has 0 saturated heterocycles. The van der Waals surface area contributed by atoms with Gasteiger partial charge >= 0.3 is 5.97 Å². The third kappa shape index (κ3) is 7.02. The molecule has 7 heteroatoms. The van der Waals surface area contributed by atoms with Crippen LogP contribution >= 0.6 is 0 Å². The second kappa shape index (κ2) is 9.75. The van der Waals surface area contributed by atoms with E-state index >= 15 is 0 Å². The number of hydrogen-bond acceptors (Lipinski definition) is 4. The summed E-state index contributed by atoms with van der Waals surface area (Å²) in [5.41, 5.74) is 0. The van der Waals surface area contributed by atoms with Crippen molar-refractivity contribution in [2.75, 3.05) is 13.1 Å². The van der Waals surface area contributed by atoms with Crippen LogP contribution in [0.15, 0.2) is 0 Å². The largest absolute Gasteiger partial charge is 0.480 e. The third-order valence-corrected chi connectivity index (χ3v) is 4.58. The summed E-state index contributed by atoms with van der Waals surface area (Å²) < 4.78 is 0. The van der Waals surface area contributed by atoms with Crippen LogP contribution < -0.4 is 10.6 Å². The summed E-state index contributed by atoms with van der Waals surface area (Å²) in [5.74, 6) is -0.837. The second-order valence-corrected chi connectivity index (χ2v) is 7.67. The molecule has 1 aliphatic carbocycles. The van der Waals surface area contributed by atoms with Gasteiger partial charge in [0.2, 0.25) is 11.8 Å². The normalized spacial score (nSPS) is 21.1. The lowest BCUT2D eigenvalue weighted by atomic mass is 9.85. The molecule has 1 aliphatic rings. The highest BCUT2D eigenvalue weighted by Crippen LogP contribution is 2.25. The topological polar surface area (TPSA) is 98.7 Å². The summed E-state index contributed by atoms with van der Waals surface area (Å²) in [6, 6.07) is -0.297. The van der Waals surface area contributed by atoms with E-state index in [9.17, 15) is 14.4 Å². The highest BCUT2D eigenvalue weighted by Gasteiger charge is 2.36. The van der Waals surface area contributed by atoms with Crippen molar-refractivity contribution in [3.05, 3.63) is 0 Å². The molecule has 1 unspecified atom stereocenters. The zero-order chi connectivity index (χ0) is 19.1. The first-order valence-electron chi connectivity index (χ1n) is 9.19. The molecule has 0 radical (unpaired) electrons. The lowest BCUT2D eigenvalue weighted by molar-refractivity contribution is -0.140. The molecule has 0 aromatic rings. The molecule has 1 rings (SSSR count). The van der Waals surface area contributed by atoms with Gasteiger partial charge in [-0.1, -0.05) is 34.6 Å². The van der Waals surface area contributed by atoms with Gasteiger partial charge in [0.15, 0.2) is 0 Å². The lowest BCUT2D eigenvalue weighted by Gasteiger charge is -2.42. The average molecular weight is 355 g/mol. The maximum atomic E-state index is 12.5. The van der Waals surface area contributed by atoms with Crippen LogP contribution in [-0.4, -0.2) is 59.0 Å². The van der Waals surface area contributed by atoms with E-state index < -0.39 is 12.0 Å². The number of nitrogens with one attached hydrogen (secondary N) is 2. The number of hydrogen-bond donors (Lipinski definition) is 3. The van der Waals surface area contributed by atoms with Crippen LogP contribution in [-0.2, 0) is 14.4 Å². The summed E-state index contributed by atoms with van der Waals surface area (Å²) in [6.07, 6.45) is 1.90. The molecule has 2 amide bonds. The van der Waals surface area contributed by atoms with Gasteiger partial charge < -0.3 is 15.7 Å². The molecule has 25 heavy (non-hydrogen) atoms. The Bertz CT molecular complexity index is 473. The van der Waals surface area contributed by atoms with Crippen molar-refractivity contribution in [1.82, 2.24) is 15.5 Å². The molecule has 0 heterocycles. The maximum Gasteiger partial charge on any atom is 0.317 e. The molecule has 0 aromatic heterocycles. The molecule has 7 nitrogen and oxygen atoms in total. The first-order valence-corrected chi connectivity index (χ1v) is 9.19. The number of amides is 2. The molecule has 1 saturated carbocycles. The van der Waals surface area contributed by atoms with E-state index in [4.69, 9.17) is 5.11 Å². The first kappa shape index (κ1) is 21.4. The highest BCUT2D eigenvalue weighted by molar-refractivity contribution is 5.88. The Morgan fingerprint density at radius 3 is 2.20 bits per heavy atom. The number of carbonyl (C=O) groups excluding carboxylic acids is 2. The monoisotopic (exact) mass is 355 g/mol. The Labute approximate surface area is 150 Å². The van der Waals surface area contributed by atoms with Gasteiger partial charge in [-0.15, -0.1) is 0 Å². The summed E-state index contributed by atoms with van der Waals surface area (Å²) >= 11 is 0. The number of aliphatic carboxylic acids is 1. The van der Waals surface area contributed by atoms with Crippen LogP contribution in [0.5, 0.6) is 0 Å². The smallest absolute Gasteiger partial charge is 0.317 e. The molecular formula is C18H33N3O4. The summed E-state index contributed by atoms with van der Waals surface area (Å²) in [4.78, 5) is 37.2. The SMILES string of the molecule is CCN(CC(=O)O)C1CC(NC(=O)C(NC(=O)CC(C)C)C(C)C)C1. The molecule has 144 valence electrons. The van der Waals surface area contributed by atoms with Crippen molar-refractivity contribution in [3.8, 4) is 0 Å². The minimum absolute atomic E-state index is 0.00568. The first-order chi connectivity index (χ1) is 11.6. The number of rotatable bonds is 10. The Kier molecular flexibility index (Phi) is 8.35. The Morgan fingerprint density at radius 2 is 1.76 bits per heavy atom. The number of carbonyl (C=O) groups is 3. The van der Waals surface area contributed by atoms with Crippen LogP contribution in [0, 0.1) is 11.8 Å². The maximum absolute atomic E-state index is 12.5. The number of carboxylic acid groups (broad SMARTS) is 1. The molecule has 3 N–H and O–H groups in total. The van der Waals surface area contributed by atoms with Crippen molar-refractivity contribution in [2.24, 2.45) is 11.8 Å². The fourth-order valence-electron chi connectivity index (χ4n) is 3.11. The van der Waals surface area contributed by atoms with E-state index in [0.717, 1.165) is 12.8 Å². The predicted molar refractivity (Wildman–Crippen MR) is 96.1 cm³/mol. The quantitative estimate of drug-likeness (QED) is 0.547. The zero-order valence-corrected chi connectivity index (χ0v) is 16.0. The van der Waals surface area contributed by atoms with Gasteiger partial charge in [-0.25, -0.2) is 0 Å². The van der Waals surface area contributed by atoms with Crippen LogP contribution in [0.4, 0.5) is 0 Å². The van der Waals surface area contributed by atoms with Crippen molar-refractivity contribution >= 4 is 17.8 Å². The number of likely N-dealkylation sites (N-methyl/N-ethyl adjacent to an activating group) is 1. The van der Waals surface area contributed by atoms with E-state index in [1.54, 1.807) is 0 Å². The minimum Gasteiger partial charge on any atom is -0.480 e. The molecule has 0 aromatic carbocycles. The molecule has 0 spiro atoms. The summed E-state index contributed by atoms with van der Waals surface area (Å²) in [5, 5.41) is 14.7. The van der Waals surface area contributed by atoms with Crippen molar-refractivity contribution < 1.29 is 19.5 Å². The molecule has 0 aliphatic heterocycles. The van der Waals surface area contributed by atoms with Crippen LogP contribution in [0.25, 0.3) is 0 Å². The highest BCUT2D eigenvalue weighted by atomic mass is 16.4. The standard InChI is InChI=1S/C18H33N3O4/c1-6-21(10-16(23)24)14-8-13(9-14)19-18(25)17(12(4)5)20-15(22)7-11(2)3/h11-14,17H,6-10H2,1-5H3,(H,19,25)(H,20,22)(H,23,24). The van der Waals surface area contributed by atoms with Crippen LogP contribution in [0.2, 0.25) is 0 Å². The van der Waals surface area contributed by atoms with Gasteiger partial charge in [0.1, 0.15) is 6.04 Å². The molecule has 0 bridgehead atoms. The van der Waals surface area contributed by atoms with E-state index in [1.807, 2.05) is 39.5 Å². The fourth-order valence-corrected chi connectivity index (χ4v) is 3.11. The Morgan fingerprint density at radius 1 is 1.16 bits per heavy atom. The van der Waals surface area contributed by atoms with Crippen LogP contribution in [0.3, 0.4) is 0 Å². The van der Waals surface area contributed by atoms with Crippen molar-refractivity contribution in [2.45, 2.75) is 72.0 Å². The van der Waals surface area contributed by atoms with Gasteiger partial charge in [-0.05, 0) is 31.2 Å². The van der Waals surface area contributed by atoms with E-state index in [0.29, 0.717) is 13.0 Å². The molecule has 1 fully saturated rings. The number of nitrogens with zero attached hydrogens (tertiary/aromatic N) is 1. The fraction of sp³-hybridized carbons (Fsp3) is 0.833. The summed E-state index contributed by atoms with van der Waals surface area (Å²) in [6.45, 7) is 10.4. The molecule has 1 atom stereocenters. The Balaban J connectivity index is 2.48. The van der Waals surface area contributed by atoms with Gasteiger partial charge in [0.25, 0.3) is 0 Å². The third-order valence-electron chi connectivity index (χ3n) is 4.58. The van der Waals surface area contributed by atoms with Crippen molar-refractivity contribution in [1.29, 1.82) is 0 Å². The second-order valence-electron chi connectivity index (χ2n) is 7.67.